The Labute approximate surface area is 111 Å². The third-order valence-electron chi connectivity index (χ3n) is 2.78. The van der Waals surface area contributed by atoms with Crippen molar-refractivity contribution in [1.29, 1.82) is 0 Å². The summed E-state index contributed by atoms with van der Waals surface area (Å²) < 4.78 is 0. The standard InChI is InChI=1S/C14H12N2O.ClH/c17-13(10-6-2-1-3-7-10)14-15-11-8-4-5-9-12(11)16-14;/h1-9,13,17H,(H,15,16);1H. The van der Waals surface area contributed by atoms with Crippen LogP contribution in [-0.2, 0) is 0 Å². The van der Waals surface area contributed by atoms with Crippen LogP contribution in [0.25, 0.3) is 11.0 Å². The molecule has 0 bridgehead atoms. The molecule has 1 heterocycles. The maximum atomic E-state index is 10.2. The monoisotopic (exact) mass is 260 g/mol. The first-order valence-corrected chi connectivity index (χ1v) is 5.52. The maximum Gasteiger partial charge on any atom is 0.140 e. The number of para-hydroxylation sites is 2. The molecule has 0 radical (unpaired) electrons. The molecule has 0 aliphatic carbocycles. The lowest BCUT2D eigenvalue weighted by Crippen LogP contribution is -2.01. The highest BCUT2D eigenvalue weighted by Crippen LogP contribution is 2.21. The van der Waals surface area contributed by atoms with Crippen molar-refractivity contribution in [2.75, 3.05) is 0 Å². The van der Waals surface area contributed by atoms with Gasteiger partial charge in [0.2, 0.25) is 0 Å². The van der Waals surface area contributed by atoms with Crippen LogP contribution in [0.3, 0.4) is 0 Å². The lowest BCUT2D eigenvalue weighted by Gasteiger charge is -2.06. The van der Waals surface area contributed by atoms with E-state index >= 15 is 0 Å². The predicted molar refractivity (Wildman–Crippen MR) is 73.8 cm³/mol. The minimum Gasteiger partial charge on any atom is -0.380 e. The van der Waals surface area contributed by atoms with Gasteiger partial charge in [-0.3, -0.25) is 0 Å². The number of benzene rings is 2. The van der Waals surface area contributed by atoms with Gasteiger partial charge in [0, 0.05) is 0 Å². The van der Waals surface area contributed by atoms with E-state index in [1.54, 1.807) is 0 Å². The second-order valence-corrected chi connectivity index (χ2v) is 3.95. The van der Waals surface area contributed by atoms with Crippen LogP contribution in [0, 0.1) is 0 Å². The van der Waals surface area contributed by atoms with Gasteiger partial charge in [0.05, 0.1) is 11.0 Å². The van der Waals surface area contributed by atoms with E-state index in [0.29, 0.717) is 5.82 Å². The zero-order valence-electron chi connectivity index (χ0n) is 9.58. The molecule has 92 valence electrons. The zero-order valence-corrected chi connectivity index (χ0v) is 10.4. The van der Waals surface area contributed by atoms with E-state index in [1.807, 2.05) is 54.6 Å². The first-order valence-electron chi connectivity index (χ1n) is 5.52. The number of hydrogen-bond donors (Lipinski definition) is 2. The number of fused-ring (bicyclic) bond motifs is 1. The number of aliphatic hydroxyl groups is 1. The molecule has 1 unspecified atom stereocenters. The fraction of sp³-hybridized carbons (Fsp3) is 0.0714. The molecule has 3 nitrogen and oxygen atoms in total. The van der Waals surface area contributed by atoms with Crippen molar-refractivity contribution in [3.63, 3.8) is 0 Å². The Hall–Kier alpha value is -1.84. The van der Waals surface area contributed by atoms with Gasteiger partial charge in [0.1, 0.15) is 11.9 Å². The number of imidazole rings is 1. The summed E-state index contributed by atoms with van der Waals surface area (Å²) >= 11 is 0. The summed E-state index contributed by atoms with van der Waals surface area (Å²) in [5.41, 5.74) is 2.65. The second kappa shape index (κ2) is 5.21. The summed E-state index contributed by atoms with van der Waals surface area (Å²) in [6.07, 6.45) is -0.705. The summed E-state index contributed by atoms with van der Waals surface area (Å²) in [7, 11) is 0. The van der Waals surface area contributed by atoms with Gasteiger partial charge in [-0.1, -0.05) is 42.5 Å². The van der Waals surface area contributed by atoms with Gasteiger partial charge < -0.3 is 10.1 Å². The molecule has 3 aromatic rings. The molecule has 3 rings (SSSR count). The average molecular weight is 261 g/mol. The topological polar surface area (TPSA) is 48.9 Å². The van der Waals surface area contributed by atoms with Crippen LogP contribution < -0.4 is 0 Å². The molecule has 18 heavy (non-hydrogen) atoms. The van der Waals surface area contributed by atoms with E-state index in [2.05, 4.69) is 9.97 Å². The Morgan fingerprint density at radius 1 is 0.944 bits per heavy atom. The van der Waals surface area contributed by atoms with Crippen LogP contribution in [0.15, 0.2) is 54.6 Å². The summed E-state index contributed by atoms with van der Waals surface area (Å²) in [4.78, 5) is 7.52. The number of aromatic nitrogens is 2. The smallest absolute Gasteiger partial charge is 0.140 e. The van der Waals surface area contributed by atoms with Crippen molar-refractivity contribution in [3.05, 3.63) is 66.0 Å². The average Bonchev–Trinajstić information content (AvgIpc) is 2.82. The van der Waals surface area contributed by atoms with E-state index in [9.17, 15) is 5.11 Å². The predicted octanol–water partition coefficient (Wildman–Crippen LogP) is 3.07. The van der Waals surface area contributed by atoms with Crippen LogP contribution in [0.1, 0.15) is 17.5 Å². The number of aromatic amines is 1. The summed E-state index contributed by atoms with van der Waals surface area (Å²) in [5, 5.41) is 10.2. The highest BCUT2D eigenvalue weighted by atomic mass is 35.5. The Morgan fingerprint density at radius 3 is 2.33 bits per heavy atom. The SMILES string of the molecule is Cl.OC(c1ccccc1)c1nc2ccccc2[nH]1. The van der Waals surface area contributed by atoms with Gasteiger partial charge in [0.25, 0.3) is 0 Å². The number of halogens is 1. The van der Waals surface area contributed by atoms with Crippen molar-refractivity contribution in [3.8, 4) is 0 Å². The van der Waals surface area contributed by atoms with Crippen LogP contribution in [0.5, 0.6) is 0 Å². The number of H-pyrrole nitrogens is 1. The minimum atomic E-state index is -0.705. The van der Waals surface area contributed by atoms with Gasteiger partial charge in [-0.05, 0) is 17.7 Å². The quantitative estimate of drug-likeness (QED) is 0.744. The zero-order chi connectivity index (χ0) is 11.7. The Balaban J connectivity index is 0.00000120. The van der Waals surface area contributed by atoms with Crippen molar-refractivity contribution >= 4 is 23.4 Å². The third-order valence-corrected chi connectivity index (χ3v) is 2.78. The van der Waals surface area contributed by atoms with Crippen molar-refractivity contribution < 1.29 is 5.11 Å². The van der Waals surface area contributed by atoms with E-state index in [1.165, 1.54) is 0 Å². The van der Waals surface area contributed by atoms with Gasteiger partial charge in [0.15, 0.2) is 0 Å². The molecule has 0 aliphatic heterocycles. The Morgan fingerprint density at radius 2 is 1.61 bits per heavy atom. The lowest BCUT2D eigenvalue weighted by atomic mass is 10.1. The van der Waals surface area contributed by atoms with Crippen LogP contribution >= 0.6 is 12.4 Å². The highest BCUT2D eigenvalue weighted by Gasteiger charge is 2.13. The largest absolute Gasteiger partial charge is 0.380 e. The number of rotatable bonds is 2. The highest BCUT2D eigenvalue weighted by molar-refractivity contribution is 5.85. The summed E-state index contributed by atoms with van der Waals surface area (Å²) in [5.74, 6) is 0.581. The fourth-order valence-corrected chi connectivity index (χ4v) is 1.90. The van der Waals surface area contributed by atoms with Gasteiger partial charge in [-0.25, -0.2) is 4.98 Å². The van der Waals surface area contributed by atoms with Crippen molar-refractivity contribution in [2.24, 2.45) is 0 Å². The number of nitrogens with zero attached hydrogens (tertiary/aromatic N) is 1. The van der Waals surface area contributed by atoms with E-state index < -0.39 is 6.10 Å². The van der Waals surface area contributed by atoms with E-state index in [-0.39, 0.29) is 12.4 Å². The molecule has 2 N–H and O–H groups in total. The molecular weight excluding hydrogens is 248 g/mol. The number of aliphatic hydroxyl groups excluding tert-OH is 1. The molecule has 1 aromatic heterocycles. The van der Waals surface area contributed by atoms with E-state index in [4.69, 9.17) is 0 Å². The summed E-state index contributed by atoms with van der Waals surface area (Å²) in [6.45, 7) is 0. The third kappa shape index (κ3) is 2.23. The van der Waals surface area contributed by atoms with Gasteiger partial charge in [-0.15, -0.1) is 12.4 Å². The summed E-state index contributed by atoms with van der Waals surface area (Å²) in [6, 6.07) is 17.3. The van der Waals surface area contributed by atoms with Crippen LogP contribution in [-0.4, -0.2) is 15.1 Å². The Bertz CT molecular complexity index is 603. The van der Waals surface area contributed by atoms with Crippen molar-refractivity contribution in [1.82, 2.24) is 9.97 Å². The van der Waals surface area contributed by atoms with Crippen LogP contribution in [0.4, 0.5) is 0 Å². The van der Waals surface area contributed by atoms with E-state index in [0.717, 1.165) is 16.6 Å². The molecule has 0 amide bonds. The minimum absolute atomic E-state index is 0. The molecule has 0 fully saturated rings. The van der Waals surface area contributed by atoms with Crippen LogP contribution in [0.2, 0.25) is 0 Å². The Kier molecular flexibility index (Phi) is 3.65. The maximum absolute atomic E-state index is 10.2. The first kappa shape index (κ1) is 12.6. The molecular formula is C14H13ClN2O. The lowest BCUT2D eigenvalue weighted by molar-refractivity contribution is 0.211. The molecule has 0 aliphatic rings. The number of hydrogen-bond acceptors (Lipinski definition) is 2. The molecule has 2 aromatic carbocycles. The molecule has 0 saturated carbocycles. The molecule has 1 atom stereocenters. The second-order valence-electron chi connectivity index (χ2n) is 3.95. The van der Waals surface area contributed by atoms with Crippen molar-refractivity contribution in [2.45, 2.75) is 6.10 Å². The normalized spacial score (nSPS) is 12.1. The van der Waals surface area contributed by atoms with Gasteiger partial charge >= 0.3 is 0 Å². The molecule has 0 spiro atoms. The molecule has 0 saturated heterocycles. The fourth-order valence-electron chi connectivity index (χ4n) is 1.90. The molecule has 4 heteroatoms. The first-order chi connectivity index (χ1) is 8.34. The van der Waals surface area contributed by atoms with Gasteiger partial charge in [-0.2, -0.15) is 0 Å². The number of nitrogens with one attached hydrogen (secondary N) is 1.